The number of aliphatic hydroxyl groups excluding tert-OH is 1. The lowest BCUT2D eigenvalue weighted by atomic mass is 10.0. The molecule has 1 saturated carbocycles. The van der Waals surface area contributed by atoms with Crippen LogP contribution in [0.4, 0.5) is 4.39 Å². The Labute approximate surface area is 160 Å². The molecule has 0 radical (unpaired) electrons. The molecule has 2 aromatic heterocycles. The third kappa shape index (κ3) is 2.47. The van der Waals surface area contributed by atoms with Gasteiger partial charge in [-0.1, -0.05) is 17.7 Å². The van der Waals surface area contributed by atoms with E-state index >= 15 is 0 Å². The Kier molecular flexibility index (Phi) is 3.74. The van der Waals surface area contributed by atoms with Gasteiger partial charge in [-0.05, 0) is 42.7 Å². The zero-order valence-corrected chi connectivity index (χ0v) is 15.2. The average Bonchev–Trinajstić information content (AvgIpc) is 3.45. The van der Waals surface area contributed by atoms with Crippen molar-refractivity contribution in [3.63, 3.8) is 0 Å². The van der Waals surface area contributed by atoms with Crippen LogP contribution in [-0.2, 0) is 6.54 Å². The molecule has 1 aliphatic heterocycles. The minimum atomic E-state index is -0.534. The minimum Gasteiger partial charge on any atom is -0.394 e. The van der Waals surface area contributed by atoms with Crippen LogP contribution in [0.5, 0.6) is 0 Å². The molecule has 1 aliphatic carbocycles. The van der Waals surface area contributed by atoms with E-state index in [4.69, 9.17) is 11.6 Å². The minimum absolute atomic E-state index is 0.0374. The highest BCUT2D eigenvalue weighted by atomic mass is 35.5. The number of hydrogen-bond donors (Lipinski definition) is 1. The van der Waals surface area contributed by atoms with Crippen molar-refractivity contribution in [1.29, 1.82) is 0 Å². The van der Waals surface area contributed by atoms with Crippen molar-refractivity contribution in [1.82, 2.24) is 14.5 Å². The monoisotopic (exact) mass is 385 g/mol. The molecular formula is C20H17ClFN3O2. The van der Waals surface area contributed by atoms with E-state index in [1.165, 1.54) is 12.1 Å². The Morgan fingerprint density at radius 1 is 1.30 bits per heavy atom. The molecule has 7 heteroatoms. The van der Waals surface area contributed by atoms with E-state index in [0.717, 1.165) is 18.4 Å². The van der Waals surface area contributed by atoms with Crippen molar-refractivity contribution in [3.05, 3.63) is 53.1 Å². The molecule has 0 bridgehead atoms. The number of halogens is 2. The second kappa shape index (κ2) is 6.04. The van der Waals surface area contributed by atoms with Gasteiger partial charge in [0.1, 0.15) is 11.5 Å². The van der Waals surface area contributed by atoms with Crippen molar-refractivity contribution < 1.29 is 14.3 Å². The molecule has 0 unspecified atom stereocenters. The molecule has 1 atom stereocenters. The first-order valence-corrected chi connectivity index (χ1v) is 9.34. The third-order valence-electron chi connectivity index (χ3n) is 5.40. The topological polar surface area (TPSA) is 58.4 Å². The van der Waals surface area contributed by atoms with E-state index in [1.807, 2.05) is 16.7 Å². The van der Waals surface area contributed by atoms with E-state index in [1.54, 1.807) is 17.2 Å². The van der Waals surface area contributed by atoms with Crippen LogP contribution in [0.3, 0.4) is 0 Å². The number of nitrogens with zero attached hydrogens (tertiary/aromatic N) is 3. The molecule has 3 aromatic rings. The van der Waals surface area contributed by atoms with E-state index in [0.29, 0.717) is 28.9 Å². The Balaban J connectivity index is 1.80. The van der Waals surface area contributed by atoms with E-state index < -0.39 is 5.82 Å². The molecule has 1 N–H and O–H groups in total. The smallest absolute Gasteiger partial charge is 0.271 e. The molecular weight excluding hydrogens is 369 g/mol. The summed E-state index contributed by atoms with van der Waals surface area (Å²) >= 11 is 5.84. The summed E-state index contributed by atoms with van der Waals surface area (Å²) in [5, 5.41) is 9.89. The van der Waals surface area contributed by atoms with Gasteiger partial charge in [0, 0.05) is 24.3 Å². The van der Waals surface area contributed by atoms with Crippen LogP contribution in [0.15, 0.2) is 36.5 Å². The largest absolute Gasteiger partial charge is 0.394 e. The summed E-state index contributed by atoms with van der Waals surface area (Å²) in [7, 11) is 0. The van der Waals surface area contributed by atoms with Crippen molar-refractivity contribution in [2.75, 3.05) is 6.61 Å². The van der Waals surface area contributed by atoms with Gasteiger partial charge in [0.25, 0.3) is 5.91 Å². The Bertz CT molecular complexity index is 1080. The summed E-state index contributed by atoms with van der Waals surface area (Å²) in [6.45, 7) is 0.402. The molecule has 138 valence electrons. The molecule has 1 aromatic carbocycles. The maximum Gasteiger partial charge on any atom is 0.271 e. The highest BCUT2D eigenvalue weighted by molar-refractivity contribution is 6.30. The Morgan fingerprint density at radius 3 is 2.81 bits per heavy atom. The lowest BCUT2D eigenvalue weighted by molar-refractivity contribution is 0.0466. The van der Waals surface area contributed by atoms with Gasteiger partial charge in [0.15, 0.2) is 0 Å². The Morgan fingerprint density at radius 2 is 2.11 bits per heavy atom. The lowest BCUT2D eigenvalue weighted by Gasteiger charge is -2.36. The van der Waals surface area contributed by atoms with Gasteiger partial charge in [-0.2, -0.15) is 0 Å². The van der Waals surface area contributed by atoms with Crippen molar-refractivity contribution in [2.45, 2.75) is 31.5 Å². The molecule has 5 rings (SSSR count). The Hall–Kier alpha value is -2.44. The molecule has 27 heavy (non-hydrogen) atoms. The van der Waals surface area contributed by atoms with Gasteiger partial charge in [0.05, 0.1) is 28.7 Å². The van der Waals surface area contributed by atoms with Gasteiger partial charge < -0.3 is 14.6 Å². The molecule has 1 fully saturated rings. The number of carbonyl (C=O) groups excluding carboxylic acids is 1. The van der Waals surface area contributed by atoms with Gasteiger partial charge >= 0.3 is 0 Å². The fraction of sp³-hybridized carbons (Fsp3) is 0.300. The SMILES string of the molecule is O=C1c2c(-c3ccc(Cl)c(F)c3)c3ncccc3n2C[C@@H](CO)N1C1CC1. The average molecular weight is 386 g/mol. The van der Waals surface area contributed by atoms with Crippen molar-refractivity contribution >= 4 is 28.5 Å². The van der Waals surface area contributed by atoms with Gasteiger partial charge in [-0.25, -0.2) is 4.39 Å². The number of aromatic nitrogens is 2. The number of aliphatic hydroxyl groups is 1. The van der Waals surface area contributed by atoms with Gasteiger partial charge in [0.2, 0.25) is 0 Å². The number of carbonyl (C=O) groups is 1. The number of amides is 1. The predicted octanol–water partition coefficient (Wildman–Crippen LogP) is 3.47. The van der Waals surface area contributed by atoms with Crippen LogP contribution in [0.25, 0.3) is 22.2 Å². The molecule has 0 saturated heterocycles. The summed E-state index contributed by atoms with van der Waals surface area (Å²) in [5.41, 5.74) is 3.15. The number of fused-ring (bicyclic) bond motifs is 3. The lowest BCUT2D eigenvalue weighted by Crippen LogP contribution is -2.50. The maximum absolute atomic E-state index is 14.1. The second-order valence-corrected chi connectivity index (χ2v) is 7.52. The zero-order chi connectivity index (χ0) is 18.7. The number of rotatable bonds is 3. The van der Waals surface area contributed by atoms with E-state index in [9.17, 15) is 14.3 Å². The first-order chi connectivity index (χ1) is 13.1. The second-order valence-electron chi connectivity index (χ2n) is 7.11. The van der Waals surface area contributed by atoms with Gasteiger partial charge in [-0.15, -0.1) is 0 Å². The molecule has 2 aliphatic rings. The first-order valence-electron chi connectivity index (χ1n) is 8.96. The summed E-state index contributed by atoms with van der Waals surface area (Å²) in [4.78, 5) is 19.7. The number of benzene rings is 1. The third-order valence-corrected chi connectivity index (χ3v) is 5.71. The zero-order valence-electron chi connectivity index (χ0n) is 14.4. The van der Waals surface area contributed by atoms with E-state index in [2.05, 4.69) is 4.98 Å². The molecule has 5 nitrogen and oxygen atoms in total. The van der Waals surface area contributed by atoms with Crippen LogP contribution in [0.2, 0.25) is 5.02 Å². The van der Waals surface area contributed by atoms with Crippen molar-refractivity contribution in [2.24, 2.45) is 0 Å². The molecule has 1 amide bonds. The molecule has 3 heterocycles. The molecule has 0 spiro atoms. The van der Waals surface area contributed by atoms with Gasteiger partial charge in [-0.3, -0.25) is 9.78 Å². The fourth-order valence-corrected chi connectivity index (χ4v) is 4.18. The van der Waals surface area contributed by atoms with Crippen LogP contribution < -0.4 is 0 Å². The van der Waals surface area contributed by atoms with Crippen LogP contribution in [0, 0.1) is 5.82 Å². The number of hydrogen-bond acceptors (Lipinski definition) is 3. The highest BCUT2D eigenvalue weighted by Gasteiger charge is 2.43. The summed E-state index contributed by atoms with van der Waals surface area (Å²) in [6.07, 6.45) is 3.56. The predicted molar refractivity (Wildman–Crippen MR) is 100 cm³/mol. The summed E-state index contributed by atoms with van der Waals surface area (Å²) < 4.78 is 16.1. The summed E-state index contributed by atoms with van der Waals surface area (Å²) in [6, 6.07) is 8.17. The first kappa shape index (κ1) is 16.7. The maximum atomic E-state index is 14.1. The fourth-order valence-electron chi connectivity index (χ4n) is 4.06. The normalized spacial score (nSPS) is 19.6. The van der Waals surface area contributed by atoms with Crippen LogP contribution in [0.1, 0.15) is 23.3 Å². The van der Waals surface area contributed by atoms with E-state index in [-0.39, 0.29) is 29.6 Å². The quantitative estimate of drug-likeness (QED) is 0.751. The van der Waals surface area contributed by atoms with Crippen LogP contribution in [-0.4, -0.2) is 44.2 Å². The summed E-state index contributed by atoms with van der Waals surface area (Å²) in [5.74, 6) is -0.667. The number of pyridine rings is 1. The van der Waals surface area contributed by atoms with Crippen LogP contribution >= 0.6 is 11.6 Å². The van der Waals surface area contributed by atoms with Crippen molar-refractivity contribution in [3.8, 4) is 11.1 Å². The standard InChI is InChI=1S/C20H17ClFN3O2/c21-14-6-3-11(8-15(14)22)17-18-16(2-1-7-23-18)24-9-13(10-26)25(12-4-5-12)20(27)19(17)24/h1-3,6-8,12-13,26H,4-5,9-10H2/t13-/m0/s1. The highest BCUT2D eigenvalue weighted by Crippen LogP contribution is 2.41.